The van der Waals surface area contributed by atoms with E-state index in [1.807, 2.05) is 0 Å². The summed E-state index contributed by atoms with van der Waals surface area (Å²) in [6.45, 7) is 1.94. The van der Waals surface area contributed by atoms with Crippen LogP contribution in [0.5, 0.6) is 0 Å². The minimum atomic E-state index is -0.553. The molecule has 1 aliphatic rings. The van der Waals surface area contributed by atoms with Crippen molar-refractivity contribution < 1.29 is 4.79 Å². The van der Waals surface area contributed by atoms with Gasteiger partial charge in [-0.15, -0.1) is 0 Å². The lowest BCUT2D eigenvalue weighted by molar-refractivity contribution is 0.0995. The van der Waals surface area contributed by atoms with Gasteiger partial charge < -0.3 is 16.4 Å². The van der Waals surface area contributed by atoms with Crippen molar-refractivity contribution in [1.82, 2.24) is 10.3 Å². The van der Waals surface area contributed by atoms with Gasteiger partial charge >= 0.3 is 0 Å². The first kappa shape index (κ1) is 9.92. The maximum atomic E-state index is 10.9. The van der Waals surface area contributed by atoms with Crippen molar-refractivity contribution in [3.05, 3.63) is 23.9 Å². The van der Waals surface area contributed by atoms with Gasteiger partial charge in [0.25, 0.3) is 5.91 Å². The Balaban J connectivity index is 2.07. The van der Waals surface area contributed by atoms with Gasteiger partial charge in [0.15, 0.2) is 0 Å². The van der Waals surface area contributed by atoms with E-state index >= 15 is 0 Å². The monoisotopic (exact) mass is 205 g/mol. The molecule has 15 heavy (non-hydrogen) atoms. The smallest absolute Gasteiger partial charge is 0.268 e. The SMILES string of the molecule is NC(=O)c1[c]ccc(N[C@H]2CCNC2)n1. The van der Waals surface area contributed by atoms with Crippen molar-refractivity contribution >= 4 is 11.7 Å². The predicted molar refractivity (Wildman–Crippen MR) is 56.5 cm³/mol. The second kappa shape index (κ2) is 4.27. The number of nitrogens with zero attached hydrogens (tertiary/aromatic N) is 1. The van der Waals surface area contributed by atoms with E-state index < -0.39 is 5.91 Å². The fraction of sp³-hybridized carbons (Fsp3) is 0.400. The average Bonchev–Trinajstić information content (AvgIpc) is 2.71. The van der Waals surface area contributed by atoms with Crippen molar-refractivity contribution in [2.75, 3.05) is 18.4 Å². The number of nitrogens with two attached hydrogens (primary N) is 1. The van der Waals surface area contributed by atoms with E-state index in [2.05, 4.69) is 21.7 Å². The van der Waals surface area contributed by atoms with E-state index in [0.29, 0.717) is 11.9 Å². The van der Waals surface area contributed by atoms with Crippen LogP contribution in [0.3, 0.4) is 0 Å². The van der Waals surface area contributed by atoms with Crippen LogP contribution in [0.25, 0.3) is 0 Å². The highest BCUT2D eigenvalue weighted by Crippen LogP contribution is 2.09. The first-order chi connectivity index (χ1) is 7.25. The summed E-state index contributed by atoms with van der Waals surface area (Å²) < 4.78 is 0. The Kier molecular flexibility index (Phi) is 2.82. The first-order valence-corrected chi connectivity index (χ1v) is 4.91. The number of pyridine rings is 1. The van der Waals surface area contributed by atoms with E-state index in [9.17, 15) is 4.79 Å². The van der Waals surface area contributed by atoms with Gasteiger partial charge in [0.05, 0.1) is 0 Å². The highest BCUT2D eigenvalue weighted by atomic mass is 16.1. The van der Waals surface area contributed by atoms with Gasteiger partial charge in [0, 0.05) is 18.7 Å². The van der Waals surface area contributed by atoms with Gasteiger partial charge in [-0.2, -0.15) is 0 Å². The molecule has 1 amide bonds. The highest BCUT2D eigenvalue weighted by molar-refractivity contribution is 5.90. The number of nitrogens with one attached hydrogen (secondary N) is 2. The molecule has 1 aliphatic heterocycles. The topological polar surface area (TPSA) is 80.0 Å². The quantitative estimate of drug-likeness (QED) is 0.636. The van der Waals surface area contributed by atoms with Crippen LogP contribution in [0.1, 0.15) is 16.9 Å². The summed E-state index contributed by atoms with van der Waals surface area (Å²) in [4.78, 5) is 14.9. The van der Waals surface area contributed by atoms with E-state index in [0.717, 1.165) is 19.5 Å². The third-order valence-electron chi connectivity index (χ3n) is 2.34. The fourth-order valence-corrected chi connectivity index (χ4v) is 1.58. The average molecular weight is 205 g/mol. The summed E-state index contributed by atoms with van der Waals surface area (Å²) in [5, 5.41) is 6.47. The zero-order valence-electron chi connectivity index (χ0n) is 8.29. The Labute approximate surface area is 88.1 Å². The lowest BCUT2D eigenvalue weighted by atomic mass is 10.2. The zero-order valence-corrected chi connectivity index (χ0v) is 8.29. The van der Waals surface area contributed by atoms with Gasteiger partial charge in [-0.25, -0.2) is 4.98 Å². The van der Waals surface area contributed by atoms with Crippen molar-refractivity contribution in [2.45, 2.75) is 12.5 Å². The molecule has 4 N–H and O–H groups in total. The maximum absolute atomic E-state index is 10.9. The molecule has 1 fully saturated rings. The van der Waals surface area contributed by atoms with E-state index in [-0.39, 0.29) is 5.69 Å². The highest BCUT2D eigenvalue weighted by Gasteiger charge is 2.14. The molecule has 1 saturated heterocycles. The number of hydrogen-bond donors (Lipinski definition) is 3. The van der Waals surface area contributed by atoms with Crippen molar-refractivity contribution in [3.63, 3.8) is 0 Å². The molecular formula is C10H13N4O. The molecule has 79 valence electrons. The molecule has 2 heterocycles. The number of carbonyl (C=O) groups excluding carboxylic acids is 1. The summed E-state index contributed by atoms with van der Waals surface area (Å²) in [7, 11) is 0. The van der Waals surface area contributed by atoms with Crippen LogP contribution in [-0.4, -0.2) is 30.0 Å². The van der Waals surface area contributed by atoms with Crippen LogP contribution < -0.4 is 16.4 Å². The third-order valence-corrected chi connectivity index (χ3v) is 2.34. The van der Waals surface area contributed by atoms with Crippen LogP contribution in [0.15, 0.2) is 12.1 Å². The molecule has 0 unspecified atom stereocenters. The standard InChI is InChI=1S/C10H13N4O/c11-10(15)8-2-1-3-9(14-8)13-7-4-5-12-6-7/h1,3,7,12H,4-6H2,(H2,11,15)(H,13,14)/t7-/m0/s1. The second-order valence-electron chi connectivity index (χ2n) is 3.52. The largest absolute Gasteiger partial charge is 0.366 e. The van der Waals surface area contributed by atoms with Gasteiger partial charge in [0.1, 0.15) is 11.5 Å². The fourth-order valence-electron chi connectivity index (χ4n) is 1.58. The number of amides is 1. The maximum Gasteiger partial charge on any atom is 0.268 e. The van der Waals surface area contributed by atoms with Gasteiger partial charge in [-0.1, -0.05) is 0 Å². The van der Waals surface area contributed by atoms with Crippen LogP contribution in [0, 0.1) is 6.07 Å². The van der Waals surface area contributed by atoms with Crippen LogP contribution in [0.2, 0.25) is 0 Å². The summed E-state index contributed by atoms with van der Waals surface area (Å²) in [5.41, 5.74) is 5.29. The van der Waals surface area contributed by atoms with Gasteiger partial charge in [-0.3, -0.25) is 4.79 Å². The van der Waals surface area contributed by atoms with Gasteiger partial charge in [0.2, 0.25) is 0 Å². The van der Waals surface area contributed by atoms with Crippen molar-refractivity contribution in [2.24, 2.45) is 5.73 Å². The molecule has 5 heteroatoms. The number of rotatable bonds is 3. The van der Waals surface area contributed by atoms with Crippen molar-refractivity contribution in [3.8, 4) is 0 Å². The van der Waals surface area contributed by atoms with E-state index in [1.165, 1.54) is 0 Å². The Morgan fingerprint density at radius 2 is 2.60 bits per heavy atom. The van der Waals surface area contributed by atoms with Crippen LogP contribution >= 0.6 is 0 Å². The van der Waals surface area contributed by atoms with E-state index in [4.69, 9.17) is 5.73 Å². The Morgan fingerprint density at radius 3 is 3.27 bits per heavy atom. The molecule has 0 saturated carbocycles. The number of carbonyl (C=O) groups is 1. The summed E-state index contributed by atoms with van der Waals surface area (Å²) in [5.74, 6) is 0.124. The molecule has 1 aromatic rings. The molecule has 1 radical (unpaired) electrons. The lowest BCUT2D eigenvalue weighted by Gasteiger charge is -2.11. The van der Waals surface area contributed by atoms with Crippen LogP contribution in [-0.2, 0) is 0 Å². The summed E-state index contributed by atoms with van der Waals surface area (Å²) in [6, 6.07) is 6.50. The van der Waals surface area contributed by atoms with E-state index in [1.54, 1.807) is 12.1 Å². The minimum absolute atomic E-state index is 0.172. The number of hydrogen-bond acceptors (Lipinski definition) is 4. The molecule has 1 aromatic heterocycles. The second-order valence-corrected chi connectivity index (χ2v) is 3.52. The van der Waals surface area contributed by atoms with Crippen LogP contribution in [0.4, 0.5) is 5.82 Å². The van der Waals surface area contributed by atoms with Crippen molar-refractivity contribution in [1.29, 1.82) is 0 Å². The molecule has 0 aromatic carbocycles. The Hall–Kier alpha value is -1.62. The molecular weight excluding hydrogens is 192 g/mol. The third kappa shape index (κ3) is 2.44. The Bertz CT molecular complexity index is 360. The molecule has 1 atom stereocenters. The normalized spacial score (nSPS) is 20.1. The molecule has 0 bridgehead atoms. The predicted octanol–water partition coefficient (Wildman–Crippen LogP) is -0.246. The Morgan fingerprint density at radius 1 is 1.73 bits per heavy atom. The van der Waals surface area contributed by atoms with Gasteiger partial charge in [-0.05, 0) is 25.1 Å². The minimum Gasteiger partial charge on any atom is -0.366 e. The summed E-state index contributed by atoms with van der Waals surface area (Å²) >= 11 is 0. The number of aromatic nitrogens is 1. The zero-order chi connectivity index (χ0) is 10.7. The number of primary amides is 1. The molecule has 5 nitrogen and oxygen atoms in total. The molecule has 0 spiro atoms. The molecule has 2 rings (SSSR count). The summed E-state index contributed by atoms with van der Waals surface area (Å²) in [6.07, 6.45) is 1.06. The number of anilines is 1. The first-order valence-electron chi connectivity index (χ1n) is 4.91. The molecule has 0 aliphatic carbocycles. The lowest BCUT2D eigenvalue weighted by Crippen LogP contribution is -2.23.